The van der Waals surface area contributed by atoms with Crippen molar-refractivity contribution in [2.24, 2.45) is 0 Å². The molecule has 0 saturated carbocycles. The van der Waals surface area contributed by atoms with Crippen LogP contribution < -0.4 is 10.6 Å². The van der Waals surface area contributed by atoms with Crippen LogP contribution in [0.1, 0.15) is 29.8 Å². The zero-order valence-electron chi connectivity index (χ0n) is 15.0. The van der Waals surface area contributed by atoms with E-state index in [4.69, 9.17) is 16.3 Å². The molecule has 0 aliphatic rings. The summed E-state index contributed by atoms with van der Waals surface area (Å²) in [5, 5.41) is 6.28. The fourth-order valence-corrected chi connectivity index (χ4v) is 3.33. The number of anilines is 1. The first-order chi connectivity index (χ1) is 13.6. The smallest absolute Gasteiger partial charge is 0.418 e. The van der Waals surface area contributed by atoms with E-state index in [9.17, 15) is 27.6 Å². The lowest BCUT2D eigenvalue weighted by Crippen LogP contribution is -2.29. The third-order valence-electron chi connectivity index (χ3n) is 3.56. The molecule has 0 aliphatic carbocycles. The second kappa shape index (κ2) is 9.75. The van der Waals surface area contributed by atoms with E-state index in [2.05, 4.69) is 10.6 Å². The molecule has 1 aromatic heterocycles. The molecule has 0 radical (unpaired) electrons. The summed E-state index contributed by atoms with van der Waals surface area (Å²) >= 11 is 6.90. The number of hydrogen-bond donors (Lipinski definition) is 2. The van der Waals surface area contributed by atoms with E-state index in [0.29, 0.717) is 6.07 Å². The molecule has 1 unspecified atom stereocenters. The number of rotatable bonds is 7. The van der Waals surface area contributed by atoms with Crippen LogP contribution >= 0.6 is 22.9 Å². The first kappa shape index (κ1) is 22.7. The van der Waals surface area contributed by atoms with Crippen LogP contribution in [0.5, 0.6) is 0 Å². The predicted octanol–water partition coefficient (Wildman–Crippen LogP) is 4.17. The van der Waals surface area contributed by atoms with E-state index in [-0.39, 0.29) is 17.4 Å². The summed E-state index contributed by atoms with van der Waals surface area (Å²) in [6, 6.07) is 5.73. The van der Waals surface area contributed by atoms with Crippen molar-refractivity contribution in [1.82, 2.24) is 5.32 Å². The van der Waals surface area contributed by atoms with Gasteiger partial charge in [-0.05, 0) is 29.6 Å². The van der Waals surface area contributed by atoms with Crippen molar-refractivity contribution in [1.29, 1.82) is 0 Å². The Hall–Kier alpha value is -2.59. The minimum Gasteiger partial charge on any atom is -0.455 e. The van der Waals surface area contributed by atoms with Gasteiger partial charge in [-0.3, -0.25) is 14.4 Å². The first-order valence-electron chi connectivity index (χ1n) is 8.19. The van der Waals surface area contributed by atoms with E-state index in [1.165, 1.54) is 24.3 Å². The molecule has 2 N–H and O–H groups in total. The van der Waals surface area contributed by atoms with E-state index in [0.717, 1.165) is 10.9 Å². The standard InChI is InChI=1S/C18H16ClF3N2O4S/c1-10(25)23-14(15-3-2-6-29-15)8-17(27)28-9-16(26)24-13-5-4-11(19)7-12(13)18(20,21)22/h2-7,14H,8-9H2,1H3,(H,23,25)(H,24,26). The van der Waals surface area contributed by atoms with Crippen LogP contribution in [0.25, 0.3) is 0 Å². The number of amides is 2. The van der Waals surface area contributed by atoms with Gasteiger partial charge in [0.2, 0.25) is 5.91 Å². The molecule has 2 aromatic rings. The lowest BCUT2D eigenvalue weighted by molar-refractivity contribution is -0.148. The van der Waals surface area contributed by atoms with Crippen molar-refractivity contribution < 1.29 is 32.3 Å². The molecule has 0 bridgehead atoms. The quantitative estimate of drug-likeness (QED) is 0.623. The van der Waals surface area contributed by atoms with Gasteiger partial charge in [0.25, 0.3) is 5.91 Å². The minimum atomic E-state index is -4.73. The van der Waals surface area contributed by atoms with E-state index in [1.807, 2.05) is 0 Å². The lowest BCUT2D eigenvalue weighted by atomic mass is 10.1. The van der Waals surface area contributed by atoms with Crippen LogP contribution in [0.2, 0.25) is 5.02 Å². The van der Waals surface area contributed by atoms with Gasteiger partial charge in [-0.25, -0.2) is 0 Å². The van der Waals surface area contributed by atoms with Crippen molar-refractivity contribution in [3.8, 4) is 0 Å². The molecule has 6 nitrogen and oxygen atoms in total. The molecule has 11 heteroatoms. The zero-order chi connectivity index (χ0) is 21.6. The third kappa shape index (κ3) is 7.06. The predicted molar refractivity (Wildman–Crippen MR) is 102 cm³/mol. The van der Waals surface area contributed by atoms with E-state index in [1.54, 1.807) is 17.5 Å². The van der Waals surface area contributed by atoms with Gasteiger partial charge in [-0.1, -0.05) is 17.7 Å². The Labute approximate surface area is 173 Å². The summed E-state index contributed by atoms with van der Waals surface area (Å²) in [5.74, 6) is -2.09. The van der Waals surface area contributed by atoms with Crippen LogP contribution in [0.3, 0.4) is 0 Å². The summed E-state index contributed by atoms with van der Waals surface area (Å²) in [5.41, 5.74) is -1.62. The van der Waals surface area contributed by atoms with Crippen LogP contribution in [-0.4, -0.2) is 24.4 Å². The maximum absolute atomic E-state index is 13.0. The fourth-order valence-electron chi connectivity index (χ4n) is 2.38. The third-order valence-corrected chi connectivity index (χ3v) is 4.78. The molecule has 0 saturated heterocycles. The van der Waals surface area contributed by atoms with Gasteiger partial charge >= 0.3 is 12.1 Å². The number of benzene rings is 1. The molecule has 1 aromatic carbocycles. The SMILES string of the molecule is CC(=O)NC(CC(=O)OCC(=O)Nc1ccc(Cl)cc1C(F)(F)F)c1cccs1. The molecule has 0 aliphatic heterocycles. The highest BCUT2D eigenvalue weighted by Gasteiger charge is 2.34. The minimum absolute atomic E-state index is 0.139. The average Bonchev–Trinajstić information content (AvgIpc) is 3.14. The summed E-state index contributed by atoms with van der Waals surface area (Å²) in [6.45, 7) is 0.514. The molecule has 156 valence electrons. The maximum Gasteiger partial charge on any atom is 0.418 e. The highest BCUT2D eigenvalue weighted by molar-refractivity contribution is 7.10. The van der Waals surface area contributed by atoms with E-state index < -0.39 is 42.0 Å². The molecular weight excluding hydrogens is 433 g/mol. The molecule has 29 heavy (non-hydrogen) atoms. The molecule has 0 spiro atoms. The Morgan fingerprint density at radius 2 is 1.97 bits per heavy atom. The van der Waals surface area contributed by atoms with Crippen LogP contribution in [-0.2, 0) is 25.3 Å². The number of nitrogens with one attached hydrogen (secondary N) is 2. The monoisotopic (exact) mass is 448 g/mol. The number of thiophene rings is 1. The Morgan fingerprint density at radius 3 is 2.55 bits per heavy atom. The zero-order valence-corrected chi connectivity index (χ0v) is 16.6. The largest absolute Gasteiger partial charge is 0.455 e. The highest BCUT2D eigenvalue weighted by Crippen LogP contribution is 2.36. The Balaban J connectivity index is 1.95. The fraction of sp³-hybridized carbons (Fsp3) is 0.278. The average molecular weight is 449 g/mol. The van der Waals surface area contributed by atoms with Gasteiger partial charge in [-0.15, -0.1) is 11.3 Å². The van der Waals surface area contributed by atoms with Crippen molar-refractivity contribution in [2.45, 2.75) is 25.6 Å². The van der Waals surface area contributed by atoms with Gasteiger partial charge in [0, 0.05) is 16.8 Å². The molecule has 1 heterocycles. The number of halogens is 4. The van der Waals surface area contributed by atoms with Crippen LogP contribution in [0.15, 0.2) is 35.7 Å². The van der Waals surface area contributed by atoms with Crippen molar-refractivity contribution >= 4 is 46.4 Å². The second-order valence-electron chi connectivity index (χ2n) is 5.87. The summed E-state index contributed by atoms with van der Waals surface area (Å²) in [6.07, 6.45) is -4.96. The summed E-state index contributed by atoms with van der Waals surface area (Å²) in [7, 11) is 0. The molecule has 0 fully saturated rings. The van der Waals surface area contributed by atoms with Gasteiger partial charge in [0.15, 0.2) is 6.61 Å². The van der Waals surface area contributed by atoms with Crippen molar-refractivity contribution in [2.75, 3.05) is 11.9 Å². The van der Waals surface area contributed by atoms with Crippen LogP contribution in [0, 0.1) is 0 Å². The number of ether oxygens (including phenoxy) is 1. The van der Waals surface area contributed by atoms with Gasteiger partial charge in [0.05, 0.1) is 23.7 Å². The number of esters is 1. The molecule has 2 rings (SSSR count). The number of carbonyl (C=O) groups excluding carboxylic acids is 3. The lowest BCUT2D eigenvalue weighted by Gasteiger charge is -2.16. The second-order valence-corrected chi connectivity index (χ2v) is 7.28. The van der Waals surface area contributed by atoms with E-state index >= 15 is 0 Å². The summed E-state index contributed by atoms with van der Waals surface area (Å²) in [4.78, 5) is 36.0. The summed E-state index contributed by atoms with van der Waals surface area (Å²) < 4.78 is 44.0. The Bertz CT molecular complexity index is 888. The van der Waals surface area contributed by atoms with Gasteiger partial charge < -0.3 is 15.4 Å². The Morgan fingerprint density at radius 1 is 1.24 bits per heavy atom. The molecule has 2 amide bonds. The first-order valence-corrected chi connectivity index (χ1v) is 9.44. The molecule has 1 atom stereocenters. The number of hydrogen-bond acceptors (Lipinski definition) is 5. The van der Waals surface area contributed by atoms with Crippen LogP contribution in [0.4, 0.5) is 18.9 Å². The van der Waals surface area contributed by atoms with Gasteiger partial charge in [0.1, 0.15) is 0 Å². The normalized spacial score (nSPS) is 12.2. The maximum atomic E-state index is 13.0. The van der Waals surface area contributed by atoms with Gasteiger partial charge in [-0.2, -0.15) is 13.2 Å². The highest BCUT2D eigenvalue weighted by atomic mass is 35.5. The van der Waals surface area contributed by atoms with Crippen molar-refractivity contribution in [3.05, 3.63) is 51.2 Å². The van der Waals surface area contributed by atoms with Crippen molar-refractivity contribution in [3.63, 3.8) is 0 Å². The number of alkyl halides is 3. The Kier molecular flexibility index (Phi) is 7.63. The topological polar surface area (TPSA) is 84.5 Å². The number of carbonyl (C=O) groups is 3. The molecular formula is C18H16ClF3N2O4S.